The topological polar surface area (TPSA) is 40.8 Å². The largest absolute Gasteiger partial charge is 0.508 e. The Morgan fingerprint density at radius 1 is 1.53 bits per heavy atom. The fourth-order valence-corrected chi connectivity index (χ4v) is 2.64. The normalized spacial score (nSPS) is 21.4. The molecule has 17 heavy (non-hydrogen) atoms. The molecule has 1 atom stereocenters. The third-order valence-corrected chi connectivity index (χ3v) is 3.63. The summed E-state index contributed by atoms with van der Waals surface area (Å²) in [5.74, 6) is 1.93. The van der Waals surface area contributed by atoms with E-state index in [2.05, 4.69) is 21.2 Å². The van der Waals surface area contributed by atoms with Gasteiger partial charge in [0.05, 0.1) is 11.7 Å². The van der Waals surface area contributed by atoms with Gasteiger partial charge in [-0.2, -0.15) is 0 Å². The maximum atomic E-state index is 9.44. The van der Waals surface area contributed by atoms with E-state index in [0.717, 1.165) is 31.0 Å². The van der Waals surface area contributed by atoms with E-state index in [-0.39, 0.29) is 0 Å². The molecule has 0 spiro atoms. The highest BCUT2D eigenvalue weighted by molar-refractivity contribution is 5.50. The first-order valence-electron chi connectivity index (χ1n) is 6.16. The molecular formula is C13H17N3O. The van der Waals surface area contributed by atoms with Gasteiger partial charge in [-0.05, 0) is 25.6 Å². The van der Waals surface area contributed by atoms with E-state index in [1.54, 1.807) is 12.1 Å². The molecule has 2 aromatic rings. The molecule has 3 rings (SSSR count). The fourth-order valence-electron chi connectivity index (χ4n) is 2.64. The Balaban J connectivity index is 1.96. The van der Waals surface area contributed by atoms with Gasteiger partial charge in [-0.15, -0.1) is 0 Å². The molecule has 1 aliphatic rings. The lowest BCUT2D eigenvalue weighted by Gasteiger charge is -2.12. The summed E-state index contributed by atoms with van der Waals surface area (Å²) in [5, 5.41) is 9.44. The number of imidazole rings is 1. The molecule has 2 aromatic heterocycles. The van der Waals surface area contributed by atoms with Gasteiger partial charge < -0.3 is 14.4 Å². The van der Waals surface area contributed by atoms with Crippen molar-refractivity contribution in [2.24, 2.45) is 0 Å². The molecular weight excluding hydrogens is 214 g/mol. The van der Waals surface area contributed by atoms with Crippen LogP contribution in [0, 0.1) is 0 Å². The van der Waals surface area contributed by atoms with Crippen molar-refractivity contribution in [3.8, 4) is 5.75 Å². The van der Waals surface area contributed by atoms with Crippen LogP contribution in [0.25, 0.3) is 5.52 Å². The molecule has 0 bridgehead atoms. The highest BCUT2D eigenvalue weighted by Gasteiger charge is 2.25. The zero-order valence-corrected chi connectivity index (χ0v) is 10.0. The predicted octanol–water partition coefficient (Wildman–Crippen LogP) is 1.85. The summed E-state index contributed by atoms with van der Waals surface area (Å²) in [6, 6.07) is 3.47. The molecule has 0 aliphatic carbocycles. The minimum atomic E-state index is 0.297. The first-order valence-corrected chi connectivity index (χ1v) is 6.16. The van der Waals surface area contributed by atoms with Crippen LogP contribution in [-0.4, -0.2) is 39.0 Å². The monoisotopic (exact) mass is 231 g/mol. The maximum Gasteiger partial charge on any atom is 0.119 e. The van der Waals surface area contributed by atoms with Gasteiger partial charge in [0.25, 0.3) is 0 Å². The van der Waals surface area contributed by atoms with Crippen molar-refractivity contribution in [1.29, 1.82) is 0 Å². The summed E-state index contributed by atoms with van der Waals surface area (Å²) >= 11 is 0. The number of nitrogens with zero attached hydrogens (tertiary/aromatic N) is 3. The molecule has 1 aliphatic heterocycles. The number of aromatic nitrogens is 2. The molecule has 0 aromatic carbocycles. The van der Waals surface area contributed by atoms with Gasteiger partial charge in [0.15, 0.2) is 0 Å². The first-order chi connectivity index (χ1) is 8.28. The minimum absolute atomic E-state index is 0.297. The Hall–Kier alpha value is -1.55. The van der Waals surface area contributed by atoms with Crippen LogP contribution in [0.3, 0.4) is 0 Å². The van der Waals surface area contributed by atoms with Gasteiger partial charge in [-0.25, -0.2) is 4.98 Å². The lowest BCUT2D eigenvalue weighted by molar-refractivity contribution is 0.352. The second-order valence-electron chi connectivity index (χ2n) is 4.68. The lowest BCUT2D eigenvalue weighted by atomic mass is 10.1. The zero-order chi connectivity index (χ0) is 11.8. The number of hydrogen-bond acceptors (Lipinski definition) is 3. The molecule has 90 valence electrons. The summed E-state index contributed by atoms with van der Waals surface area (Å²) in [5.41, 5.74) is 0.968. The zero-order valence-electron chi connectivity index (χ0n) is 10.0. The SMILES string of the molecule is CCN1CCC(c2ncc3cc(O)ccn23)C1. The molecule has 3 heterocycles. The summed E-state index contributed by atoms with van der Waals surface area (Å²) in [6.07, 6.45) is 4.92. The minimum Gasteiger partial charge on any atom is -0.508 e. The number of pyridine rings is 1. The Morgan fingerprint density at radius 3 is 3.18 bits per heavy atom. The van der Waals surface area contributed by atoms with Crippen LogP contribution in [0.1, 0.15) is 25.1 Å². The van der Waals surface area contributed by atoms with E-state index < -0.39 is 0 Å². The quantitative estimate of drug-likeness (QED) is 0.857. The van der Waals surface area contributed by atoms with E-state index in [4.69, 9.17) is 0 Å². The van der Waals surface area contributed by atoms with Gasteiger partial charge in [-0.1, -0.05) is 6.92 Å². The average Bonchev–Trinajstić information content (AvgIpc) is 2.93. The molecule has 0 saturated carbocycles. The van der Waals surface area contributed by atoms with Crippen molar-refractivity contribution < 1.29 is 5.11 Å². The van der Waals surface area contributed by atoms with Gasteiger partial charge in [0.1, 0.15) is 11.6 Å². The molecule has 1 N–H and O–H groups in total. The first kappa shape index (κ1) is 10.6. The second kappa shape index (κ2) is 4.04. The van der Waals surface area contributed by atoms with E-state index in [1.807, 2.05) is 12.4 Å². The van der Waals surface area contributed by atoms with E-state index >= 15 is 0 Å². The van der Waals surface area contributed by atoms with Crippen LogP contribution in [0.2, 0.25) is 0 Å². The molecule has 1 saturated heterocycles. The standard InChI is InChI=1S/C13H17N3O/c1-2-15-5-3-10(9-15)13-14-8-11-7-12(17)4-6-16(11)13/h4,6-8,10,17H,2-3,5,9H2,1H3. The van der Waals surface area contributed by atoms with Crippen LogP contribution < -0.4 is 0 Å². The van der Waals surface area contributed by atoms with Crippen molar-refractivity contribution in [2.75, 3.05) is 19.6 Å². The van der Waals surface area contributed by atoms with Crippen molar-refractivity contribution in [1.82, 2.24) is 14.3 Å². The number of aromatic hydroxyl groups is 1. The fraction of sp³-hybridized carbons (Fsp3) is 0.462. The third kappa shape index (κ3) is 1.78. The van der Waals surface area contributed by atoms with Crippen LogP contribution >= 0.6 is 0 Å². The van der Waals surface area contributed by atoms with Crippen LogP contribution in [-0.2, 0) is 0 Å². The number of rotatable bonds is 2. The van der Waals surface area contributed by atoms with Gasteiger partial charge in [0, 0.05) is 24.7 Å². The van der Waals surface area contributed by atoms with E-state index in [0.29, 0.717) is 11.7 Å². The predicted molar refractivity (Wildman–Crippen MR) is 66.3 cm³/mol. The smallest absolute Gasteiger partial charge is 0.119 e. The maximum absolute atomic E-state index is 9.44. The molecule has 0 radical (unpaired) electrons. The number of fused-ring (bicyclic) bond motifs is 1. The molecule has 4 heteroatoms. The number of likely N-dealkylation sites (tertiary alicyclic amines) is 1. The lowest BCUT2D eigenvalue weighted by Crippen LogP contribution is -2.19. The Bertz CT molecular complexity index is 534. The average molecular weight is 231 g/mol. The van der Waals surface area contributed by atoms with Gasteiger partial charge in [0.2, 0.25) is 0 Å². The second-order valence-corrected chi connectivity index (χ2v) is 4.68. The summed E-state index contributed by atoms with van der Waals surface area (Å²) < 4.78 is 2.09. The summed E-state index contributed by atoms with van der Waals surface area (Å²) in [7, 11) is 0. The van der Waals surface area contributed by atoms with Crippen LogP contribution in [0.4, 0.5) is 0 Å². The Labute approximate surface area is 101 Å². The summed E-state index contributed by atoms with van der Waals surface area (Å²) in [4.78, 5) is 6.96. The van der Waals surface area contributed by atoms with Crippen molar-refractivity contribution in [3.63, 3.8) is 0 Å². The van der Waals surface area contributed by atoms with Crippen molar-refractivity contribution in [3.05, 3.63) is 30.4 Å². The Kier molecular flexibility index (Phi) is 2.52. The number of likely N-dealkylation sites (N-methyl/N-ethyl adjacent to an activating group) is 1. The van der Waals surface area contributed by atoms with E-state index in [1.165, 1.54) is 6.42 Å². The van der Waals surface area contributed by atoms with Crippen LogP contribution in [0.5, 0.6) is 5.75 Å². The molecule has 1 fully saturated rings. The third-order valence-electron chi connectivity index (χ3n) is 3.63. The molecule has 4 nitrogen and oxygen atoms in total. The molecule has 1 unspecified atom stereocenters. The Morgan fingerprint density at radius 2 is 2.41 bits per heavy atom. The van der Waals surface area contributed by atoms with Gasteiger partial charge >= 0.3 is 0 Å². The van der Waals surface area contributed by atoms with Crippen molar-refractivity contribution >= 4 is 5.52 Å². The summed E-state index contributed by atoms with van der Waals surface area (Å²) in [6.45, 7) is 5.56. The number of hydrogen-bond donors (Lipinski definition) is 1. The van der Waals surface area contributed by atoms with E-state index in [9.17, 15) is 5.11 Å². The highest BCUT2D eigenvalue weighted by atomic mass is 16.3. The highest BCUT2D eigenvalue weighted by Crippen LogP contribution is 2.27. The van der Waals surface area contributed by atoms with Crippen molar-refractivity contribution in [2.45, 2.75) is 19.3 Å². The van der Waals surface area contributed by atoms with Gasteiger partial charge in [-0.3, -0.25) is 0 Å². The van der Waals surface area contributed by atoms with Crippen LogP contribution in [0.15, 0.2) is 24.5 Å². The molecule has 0 amide bonds.